The number of carbonyl (C=O) groups is 1. The fourth-order valence-electron chi connectivity index (χ4n) is 1.36. The summed E-state index contributed by atoms with van der Waals surface area (Å²) >= 11 is 0. The molecule has 2 rings (SSSR count). The van der Waals surface area contributed by atoms with Gasteiger partial charge in [0.25, 0.3) is 5.91 Å². The Balaban J connectivity index is 2.09. The molecule has 3 heteroatoms. The quantitative estimate of drug-likeness (QED) is 0.815. The molecule has 2 N–H and O–H groups in total. The monoisotopic (exact) mass is 237 g/mol. The third kappa shape index (κ3) is 3.39. The summed E-state index contributed by atoms with van der Waals surface area (Å²) in [5, 5.41) is 0. The number of nitrogens with two attached hydrogens (primary N) is 1. The van der Waals surface area contributed by atoms with Gasteiger partial charge in [0.1, 0.15) is 11.5 Å². The first kappa shape index (κ1) is 11.7. The molecule has 0 fully saturated rings. The van der Waals surface area contributed by atoms with Crippen molar-refractivity contribution in [1.29, 1.82) is 0 Å². The van der Waals surface area contributed by atoms with Crippen LogP contribution in [0.3, 0.4) is 0 Å². The standard InChI is InChI=1S/C15H11NO2/c16-15(17)11-8-12-6-9-14(10-7-12)18-13-4-2-1-3-5-13/h1-7,9-10H,(H2,16,17). The summed E-state index contributed by atoms with van der Waals surface area (Å²) in [7, 11) is 0. The van der Waals surface area contributed by atoms with Crippen LogP contribution >= 0.6 is 0 Å². The third-order valence-corrected chi connectivity index (χ3v) is 2.16. The third-order valence-electron chi connectivity index (χ3n) is 2.16. The number of benzene rings is 2. The average Bonchev–Trinajstić information content (AvgIpc) is 2.39. The fourth-order valence-corrected chi connectivity index (χ4v) is 1.36. The Morgan fingerprint density at radius 2 is 1.56 bits per heavy atom. The molecule has 0 heterocycles. The van der Waals surface area contributed by atoms with Crippen LogP contribution in [0.4, 0.5) is 0 Å². The van der Waals surface area contributed by atoms with Gasteiger partial charge in [-0.3, -0.25) is 4.79 Å². The normalized spacial score (nSPS) is 9.11. The second-order valence-corrected chi connectivity index (χ2v) is 3.55. The first-order valence-electron chi connectivity index (χ1n) is 5.38. The van der Waals surface area contributed by atoms with Gasteiger partial charge in [-0.05, 0) is 42.3 Å². The summed E-state index contributed by atoms with van der Waals surface area (Å²) in [5.41, 5.74) is 5.65. The van der Waals surface area contributed by atoms with E-state index < -0.39 is 5.91 Å². The SMILES string of the molecule is NC(=O)C#Cc1ccc(Oc2ccccc2)cc1. The molecule has 0 spiro atoms. The lowest BCUT2D eigenvalue weighted by Gasteiger charge is -2.04. The van der Waals surface area contributed by atoms with Gasteiger partial charge >= 0.3 is 0 Å². The van der Waals surface area contributed by atoms with Crippen molar-refractivity contribution in [3.63, 3.8) is 0 Å². The van der Waals surface area contributed by atoms with Gasteiger partial charge in [0.15, 0.2) is 0 Å². The number of amides is 1. The topological polar surface area (TPSA) is 52.3 Å². The van der Waals surface area contributed by atoms with E-state index in [0.717, 1.165) is 5.75 Å². The second-order valence-electron chi connectivity index (χ2n) is 3.55. The van der Waals surface area contributed by atoms with Crippen molar-refractivity contribution in [2.75, 3.05) is 0 Å². The summed E-state index contributed by atoms with van der Waals surface area (Å²) in [6.45, 7) is 0. The molecule has 88 valence electrons. The van der Waals surface area contributed by atoms with E-state index in [2.05, 4.69) is 11.8 Å². The highest BCUT2D eigenvalue weighted by molar-refractivity contribution is 5.92. The van der Waals surface area contributed by atoms with Gasteiger partial charge in [0.05, 0.1) is 0 Å². The number of para-hydroxylation sites is 1. The van der Waals surface area contributed by atoms with Crippen molar-refractivity contribution in [2.45, 2.75) is 0 Å². The maximum absolute atomic E-state index is 10.5. The number of rotatable bonds is 2. The van der Waals surface area contributed by atoms with Crippen LogP contribution in [-0.2, 0) is 4.79 Å². The largest absolute Gasteiger partial charge is 0.457 e. The van der Waals surface area contributed by atoms with E-state index in [4.69, 9.17) is 10.5 Å². The summed E-state index contributed by atoms with van der Waals surface area (Å²) in [6.07, 6.45) is 0. The molecule has 0 radical (unpaired) electrons. The highest BCUT2D eigenvalue weighted by Crippen LogP contribution is 2.20. The fraction of sp³-hybridized carbons (Fsp3) is 0. The average molecular weight is 237 g/mol. The van der Waals surface area contributed by atoms with Crippen LogP contribution in [0.2, 0.25) is 0 Å². The Bertz CT molecular complexity index is 592. The highest BCUT2D eigenvalue weighted by Gasteiger charge is 1.95. The molecule has 0 aliphatic heterocycles. The minimum absolute atomic E-state index is 0.639. The van der Waals surface area contributed by atoms with Gasteiger partial charge < -0.3 is 10.5 Å². The van der Waals surface area contributed by atoms with Crippen LogP contribution in [0.15, 0.2) is 54.6 Å². The zero-order valence-corrected chi connectivity index (χ0v) is 9.59. The number of carbonyl (C=O) groups excluding carboxylic acids is 1. The number of primary amides is 1. The number of ether oxygens (including phenoxy) is 1. The molecule has 0 saturated heterocycles. The Morgan fingerprint density at radius 1 is 0.944 bits per heavy atom. The number of hydrogen-bond donors (Lipinski definition) is 1. The molecule has 18 heavy (non-hydrogen) atoms. The van der Waals surface area contributed by atoms with E-state index in [1.807, 2.05) is 30.3 Å². The van der Waals surface area contributed by atoms with Crippen molar-refractivity contribution < 1.29 is 9.53 Å². The van der Waals surface area contributed by atoms with Crippen molar-refractivity contribution in [3.05, 3.63) is 60.2 Å². The van der Waals surface area contributed by atoms with E-state index in [-0.39, 0.29) is 0 Å². The minimum atomic E-state index is -0.639. The van der Waals surface area contributed by atoms with Crippen LogP contribution in [-0.4, -0.2) is 5.91 Å². The Labute approximate surface area is 105 Å². The molecule has 2 aromatic carbocycles. The maximum atomic E-state index is 10.5. The molecule has 0 aliphatic carbocycles. The predicted octanol–water partition coefficient (Wildman–Crippen LogP) is 2.32. The van der Waals surface area contributed by atoms with Gasteiger partial charge in [-0.1, -0.05) is 24.1 Å². The van der Waals surface area contributed by atoms with E-state index in [1.54, 1.807) is 24.3 Å². The minimum Gasteiger partial charge on any atom is -0.457 e. The van der Waals surface area contributed by atoms with E-state index in [1.165, 1.54) is 0 Å². The number of hydrogen-bond acceptors (Lipinski definition) is 2. The molecule has 0 atom stereocenters. The van der Waals surface area contributed by atoms with Gasteiger partial charge in [-0.25, -0.2) is 0 Å². The zero-order chi connectivity index (χ0) is 12.8. The van der Waals surface area contributed by atoms with Crippen LogP contribution in [0.25, 0.3) is 0 Å². The van der Waals surface area contributed by atoms with Crippen molar-refractivity contribution in [1.82, 2.24) is 0 Å². The summed E-state index contributed by atoms with van der Waals surface area (Å²) in [5.74, 6) is 5.78. The molecular weight excluding hydrogens is 226 g/mol. The van der Waals surface area contributed by atoms with Gasteiger partial charge in [-0.2, -0.15) is 0 Å². The van der Waals surface area contributed by atoms with Gasteiger partial charge in [0, 0.05) is 5.56 Å². The maximum Gasteiger partial charge on any atom is 0.293 e. The highest BCUT2D eigenvalue weighted by atomic mass is 16.5. The summed E-state index contributed by atoms with van der Waals surface area (Å²) < 4.78 is 5.62. The molecule has 0 saturated carbocycles. The van der Waals surface area contributed by atoms with Crippen molar-refractivity contribution in [3.8, 4) is 23.3 Å². The lowest BCUT2D eigenvalue weighted by Crippen LogP contribution is -2.06. The van der Waals surface area contributed by atoms with E-state index in [0.29, 0.717) is 11.3 Å². The predicted molar refractivity (Wildman–Crippen MR) is 69.0 cm³/mol. The molecule has 0 bridgehead atoms. The molecule has 2 aromatic rings. The molecule has 0 aromatic heterocycles. The van der Waals surface area contributed by atoms with Gasteiger partial charge in [0.2, 0.25) is 0 Å². The summed E-state index contributed by atoms with van der Waals surface area (Å²) in [6, 6.07) is 16.6. The lowest BCUT2D eigenvalue weighted by molar-refractivity contribution is -0.112. The summed E-state index contributed by atoms with van der Waals surface area (Å²) in [4.78, 5) is 10.5. The van der Waals surface area contributed by atoms with Crippen LogP contribution < -0.4 is 10.5 Å². The molecule has 0 aliphatic rings. The van der Waals surface area contributed by atoms with Gasteiger partial charge in [-0.15, -0.1) is 0 Å². The van der Waals surface area contributed by atoms with Crippen LogP contribution in [0.1, 0.15) is 5.56 Å². The Hall–Kier alpha value is -2.73. The molecular formula is C15H11NO2. The van der Waals surface area contributed by atoms with Crippen LogP contribution in [0.5, 0.6) is 11.5 Å². The second kappa shape index (κ2) is 5.55. The van der Waals surface area contributed by atoms with E-state index in [9.17, 15) is 4.79 Å². The van der Waals surface area contributed by atoms with Crippen molar-refractivity contribution >= 4 is 5.91 Å². The zero-order valence-electron chi connectivity index (χ0n) is 9.59. The van der Waals surface area contributed by atoms with Crippen LogP contribution in [0, 0.1) is 11.8 Å². The van der Waals surface area contributed by atoms with E-state index >= 15 is 0 Å². The smallest absolute Gasteiger partial charge is 0.293 e. The molecule has 3 nitrogen and oxygen atoms in total. The first-order chi connectivity index (χ1) is 8.74. The Morgan fingerprint density at radius 3 is 2.17 bits per heavy atom. The Kier molecular flexibility index (Phi) is 3.62. The first-order valence-corrected chi connectivity index (χ1v) is 5.38. The van der Waals surface area contributed by atoms with Crippen molar-refractivity contribution in [2.24, 2.45) is 5.73 Å². The molecule has 0 unspecified atom stereocenters. The molecule has 1 amide bonds. The lowest BCUT2D eigenvalue weighted by atomic mass is 10.2.